The first-order valence-electron chi connectivity index (χ1n) is 24.4. The van der Waals surface area contributed by atoms with Crippen LogP contribution in [0.15, 0.2) is 182 Å². The Morgan fingerprint density at radius 2 is 0.972 bits per heavy atom. The standard InChI is InChI=1S/C59H68N2O10/c1-59(2,3)71-56(62)51(61(37-44-22-10-4-11-23-44)58(63)68-42-49-32-20-9-21-33-49)35-34-50(36-60)69-57-55(67-41-48-30-18-8-19-31-48)54(66-40-47-28-16-7-17-29-47)53(65-39-46-26-14-6-15-27-46)52(70-57)43-64-38-45-24-12-5-13-25-45/h4-33,50-55,57H,34-43,60H2,1-3H3/t50-,51+,52-,53+,54+,55-,57-/m1/s1. The van der Waals surface area contributed by atoms with Crippen molar-refractivity contribution < 1.29 is 47.5 Å². The highest BCUT2D eigenvalue weighted by Crippen LogP contribution is 2.33. The number of hydrogen-bond acceptors (Lipinski definition) is 11. The number of carbonyl (C=O) groups excluding carboxylic acids is 2. The van der Waals surface area contributed by atoms with E-state index in [1.165, 1.54) is 4.90 Å². The summed E-state index contributed by atoms with van der Waals surface area (Å²) in [4.78, 5) is 30.1. The van der Waals surface area contributed by atoms with Crippen molar-refractivity contribution in [3.05, 3.63) is 215 Å². The van der Waals surface area contributed by atoms with Gasteiger partial charge in [-0.05, 0) is 67.0 Å². The normalized spacial score (nSPS) is 18.8. The lowest BCUT2D eigenvalue weighted by Gasteiger charge is -2.46. The Hall–Kier alpha value is -6.22. The van der Waals surface area contributed by atoms with Gasteiger partial charge in [-0.25, -0.2) is 9.59 Å². The fraction of sp³-hybridized carbons (Fsp3) is 0.356. The first kappa shape index (κ1) is 52.6. The summed E-state index contributed by atoms with van der Waals surface area (Å²) in [5, 5.41) is 0. The zero-order valence-electron chi connectivity index (χ0n) is 41.0. The minimum atomic E-state index is -1.08. The largest absolute Gasteiger partial charge is 0.458 e. The van der Waals surface area contributed by atoms with Crippen LogP contribution in [0.1, 0.15) is 67.0 Å². The number of hydrogen-bond donors (Lipinski definition) is 1. The van der Waals surface area contributed by atoms with Crippen LogP contribution in [0.25, 0.3) is 0 Å². The Morgan fingerprint density at radius 1 is 0.549 bits per heavy atom. The SMILES string of the molecule is CC(C)(C)OC(=O)[C@H](CC[C@H](CN)O[C@@H]1O[C@H](COCc2ccccc2)[C@H](OCc2ccccc2)[C@H](OCc2ccccc2)[C@H]1OCc1ccccc1)N(Cc1ccccc1)C(=O)OCc1ccccc1. The van der Waals surface area contributed by atoms with Gasteiger partial charge in [0.1, 0.15) is 42.7 Å². The fourth-order valence-electron chi connectivity index (χ4n) is 8.29. The molecule has 2 N–H and O–H groups in total. The predicted octanol–water partition coefficient (Wildman–Crippen LogP) is 10.4. The summed E-state index contributed by atoms with van der Waals surface area (Å²) >= 11 is 0. The number of rotatable bonds is 25. The summed E-state index contributed by atoms with van der Waals surface area (Å²) in [6.45, 7) is 6.76. The summed E-state index contributed by atoms with van der Waals surface area (Å²) < 4.78 is 52.9. The van der Waals surface area contributed by atoms with Gasteiger partial charge in [-0.15, -0.1) is 0 Å². The maximum absolute atomic E-state index is 14.4. The number of esters is 1. The third kappa shape index (κ3) is 17.0. The molecule has 6 aromatic rings. The van der Waals surface area contributed by atoms with E-state index in [0.29, 0.717) is 6.61 Å². The molecule has 0 saturated carbocycles. The molecular formula is C59H68N2O10. The Bertz CT molecular complexity index is 2430. The molecule has 0 bridgehead atoms. The number of carbonyl (C=O) groups is 2. The summed E-state index contributed by atoms with van der Waals surface area (Å²) in [5.74, 6) is -0.581. The van der Waals surface area contributed by atoms with Crippen LogP contribution >= 0.6 is 0 Å². The number of nitrogens with two attached hydrogens (primary N) is 1. The molecule has 374 valence electrons. The summed E-state index contributed by atoms with van der Waals surface area (Å²) in [5.41, 5.74) is 11.3. The van der Waals surface area contributed by atoms with E-state index in [1.807, 2.05) is 182 Å². The van der Waals surface area contributed by atoms with E-state index in [2.05, 4.69) is 0 Å². The average Bonchev–Trinajstić information content (AvgIpc) is 3.39. The van der Waals surface area contributed by atoms with Crippen LogP contribution in [0, 0.1) is 0 Å². The lowest BCUT2D eigenvalue weighted by atomic mass is 9.97. The van der Waals surface area contributed by atoms with Gasteiger partial charge >= 0.3 is 12.1 Å². The first-order valence-corrected chi connectivity index (χ1v) is 24.4. The Balaban J connectivity index is 1.20. The van der Waals surface area contributed by atoms with Gasteiger partial charge in [0.25, 0.3) is 0 Å². The van der Waals surface area contributed by atoms with E-state index in [0.717, 1.165) is 33.4 Å². The zero-order chi connectivity index (χ0) is 49.7. The van der Waals surface area contributed by atoms with Crippen molar-refractivity contribution in [1.29, 1.82) is 0 Å². The van der Waals surface area contributed by atoms with Gasteiger partial charge in [0.05, 0.1) is 39.1 Å². The maximum Gasteiger partial charge on any atom is 0.411 e. The average molecular weight is 965 g/mol. The van der Waals surface area contributed by atoms with Gasteiger partial charge in [0, 0.05) is 13.1 Å². The summed E-state index contributed by atoms with van der Waals surface area (Å²) in [7, 11) is 0. The topological polar surface area (TPSA) is 137 Å². The van der Waals surface area contributed by atoms with Crippen LogP contribution in [0.5, 0.6) is 0 Å². The minimum Gasteiger partial charge on any atom is -0.458 e. The Morgan fingerprint density at radius 3 is 1.44 bits per heavy atom. The molecule has 1 saturated heterocycles. The molecule has 0 aliphatic carbocycles. The van der Waals surface area contributed by atoms with Crippen molar-refractivity contribution in [3.8, 4) is 0 Å². The van der Waals surface area contributed by atoms with E-state index in [1.54, 1.807) is 20.8 Å². The number of amides is 1. The number of ether oxygens (including phenoxy) is 8. The second-order valence-electron chi connectivity index (χ2n) is 18.6. The molecule has 1 aliphatic rings. The molecule has 6 aromatic carbocycles. The van der Waals surface area contributed by atoms with Crippen molar-refractivity contribution >= 4 is 12.1 Å². The number of benzene rings is 6. The van der Waals surface area contributed by atoms with Gasteiger partial charge in [-0.1, -0.05) is 182 Å². The highest BCUT2D eigenvalue weighted by molar-refractivity contribution is 5.81. The molecule has 7 rings (SSSR count). The molecule has 1 fully saturated rings. The van der Waals surface area contributed by atoms with Crippen molar-refractivity contribution in [2.24, 2.45) is 5.73 Å². The quantitative estimate of drug-likeness (QED) is 0.0549. The monoisotopic (exact) mass is 964 g/mol. The van der Waals surface area contributed by atoms with E-state index >= 15 is 0 Å². The molecular weight excluding hydrogens is 897 g/mol. The molecule has 12 heteroatoms. The smallest absolute Gasteiger partial charge is 0.411 e. The molecule has 1 amide bonds. The molecule has 7 atom stereocenters. The molecule has 0 aromatic heterocycles. The molecule has 71 heavy (non-hydrogen) atoms. The van der Waals surface area contributed by atoms with Gasteiger partial charge in [0.15, 0.2) is 6.29 Å². The summed E-state index contributed by atoms with van der Waals surface area (Å²) in [6, 6.07) is 57.5. The molecule has 0 spiro atoms. The lowest BCUT2D eigenvalue weighted by molar-refractivity contribution is -0.336. The second-order valence-corrected chi connectivity index (χ2v) is 18.6. The van der Waals surface area contributed by atoms with Crippen molar-refractivity contribution in [2.45, 2.75) is 122 Å². The lowest BCUT2D eigenvalue weighted by Crippen LogP contribution is -2.62. The molecule has 1 heterocycles. The zero-order valence-corrected chi connectivity index (χ0v) is 41.0. The van der Waals surface area contributed by atoms with Gasteiger partial charge in [-0.2, -0.15) is 0 Å². The predicted molar refractivity (Wildman–Crippen MR) is 271 cm³/mol. The first-order chi connectivity index (χ1) is 34.6. The van der Waals surface area contributed by atoms with E-state index in [4.69, 9.17) is 43.6 Å². The third-order valence-corrected chi connectivity index (χ3v) is 11.9. The van der Waals surface area contributed by atoms with Crippen molar-refractivity contribution in [1.82, 2.24) is 4.90 Å². The Kier molecular flexibility index (Phi) is 20.3. The minimum absolute atomic E-state index is 0.0176. The van der Waals surface area contributed by atoms with E-state index < -0.39 is 60.5 Å². The molecule has 0 unspecified atom stereocenters. The molecule has 1 aliphatic heterocycles. The van der Waals surface area contributed by atoms with Crippen molar-refractivity contribution in [3.63, 3.8) is 0 Å². The number of nitrogens with zero attached hydrogens (tertiary/aromatic N) is 1. The fourth-order valence-corrected chi connectivity index (χ4v) is 8.29. The summed E-state index contributed by atoms with van der Waals surface area (Å²) in [6.07, 6.45) is -5.03. The molecule has 12 nitrogen and oxygen atoms in total. The third-order valence-electron chi connectivity index (χ3n) is 11.9. The van der Waals surface area contributed by atoms with Gasteiger partial charge < -0.3 is 43.6 Å². The van der Waals surface area contributed by atoms with Crippen LogP contribution in [-0.2, 0) is 82.3 Å². The van der Waals surface area contributed by atoms with Crippen LogP contribution < -0.4 is 5.73 Å². The van der Waals surface area contributed by atoms with Crippen LogP contribution in [0.2, 0.25) is 0 Å². The van der Waals surface area contributed by atoms with E-state index in [-0.39, 0.29) is 59.0 Å². The highest BCUT2D eigenvalue weighted by atomic mass is 16.7. The van der Waals surface area contributed by atoms with Crippen molar-refractivity contribution in [2.75, 3.05) is 13.2 Å². The van der Waals surface area contributed by atoms with Gasteiger partial charge in [0.2, 0.25) is 0 Å². The Labute approximate surface area is 418 Å². The highest BCUT2D eigenvalue weighted by Gasteiger charge is 2.50. The van der Waals surface area contributed by atoms with Crippen LogP contribution in [0.4, 0.5) is 4.79 Å². The van der Waals surface area contributed by atoms with E-state index in [9.17, 15) is 9.59 Å². The second kappa shape index (κ2) is 27.4. The van der Waals surface area contributed by atoms with Crippen LogP contribution in [-0.4, -0.2) is 78.6 Å². The molecule has 0 radical (unpaired) electrons. The van der Waals surface area contributed by atoms with Crippen LogP contribution in [0.3, 0.4) is 0 Å². The van der Waals surface area contributed by atoms with Gasteiger partial charge in [-0.3, -0.25) is 4.90 Å². The maximum atomic E-state index is 14.4.